The van der Waals surface area contributed by atoms with Gasteiger partial charge in [0.15, 0.2) is 5.82 Å². The number of carbonyl (C=O) groups is 1. The molecule has 1 rings (SSSR count). The van der Waals surface area contributed by atoms with E-state index in [-0.39, 0.29) is 18.0 Å². The molecular formula is C14H23N3O3. The van der Waals surface area contributed by atoms with Crippen LogP contribution in [-0.4, -0.2) is 26.7 Å². The number of hydrogen-bond donors (Lipinski definition) is 2. The molecule has 2 N–H and O–H groups in total. The normalized spacial score (nSPS) is 12.4. The predicted molar refractivity (Wildman–Crippen MR) is 77.9 cm³/mol. The smallest absolute Gasteiger partial charge is 0.303 e. The topological polar surface area (TPSA) is 84.2 Å². The minimum absolute atomic E-state index is 0.0180. The molecule has 6 heteroatoms. The largest absolute Gasteiger partial charge is 0.481 e. The van der Waals surface area contributed by atoms with Gasteiger partial charge in [-0.2, -0.15) is 0 Å². The number of carboxylic acids is 1. The molecule has 112 valence electrons. The number of hydrogen-bond acceptors (Lipinski definition) is 4. The van der Waals surface area contributed by atoms with Crippen molar-refractivity contribution < 1.29 is 9.90 Å². The maximum Gasteiger partial charge on any atom is 0.303 e. The Kier molecular flexibility index (Phi) is 6.21. The first-order valence-corrected chi connectivity index (χ1v) is 6.94. The lowest BCUT2D eigenvalue weighted by molar-refractivity contribution is -0.137. The van der Waals surface area contributed by atoms with Crippen LogP contribution in [0.4, 0.5) is 5.82 Å². The van der Waals surface area contributed by atoms with Gasteiger partial charge in [-0.15, -0.1) is 0 Å². The number of aromatic nitrogens is 2. The van der Waals surface area contributed by atoms with E-state index in [1.807, 2.05) is 6.92 Å². The fourth-order valence-corrected chi connectivity index (χ4v) is 1.95. The van der Waals surface area contributed by atoms with Gasteiger partial charge in [0.1, 0.15) is 0 Å². The van der Waals surface area contributed by atoms with E-state index in [4.69, 9.17) is 5.11 Å². The van der Waals surface area contributed by atoms with E-state index < -0.39 is 5.97 Å². The molecule has 0 aromatic carbocycles. The molecule has 1 aromatic rings. The van der Waals surface area contributed by atoms with Crippen LogP contribution in [0.15, 0.2) is 17.2 Å². The maximum absolute atomic E-state index is 12.2. The number of nitrogens with one attached hydrogen (secondary N) is 1. The fourth-order valence-electron chi connectivity index (χ4n) is 1.95. The molecule has 0 fully saturated rings. The van der Waals surface area contributed by atoms with Crippen LogP contribution in [-0.2, 0) is 11.3 Å². The molecule has 0 aliphatic carbocycles. The van der Waals surface area contributed by atoms with Crippen molar-refractivity contribution in [2.45, 2.75) is 52.6 Å². The highest BCUT2D eigenvalue weighted by atomic mass is 16.4. The summed E-state index contributed by atoms with van der Waals surface area (Å²) in [7, 11) is 0. The van der Waals surface area contributed by atoms with Crippen molar-refractivity contribution in [2.75, 3.05) is 5.32 Å². The first kappa shape index (κ1) is 16.2. The third kappa shape index (κ3) is 5.42. The highest BCUT2D eigenvalue weighted by Gasteiger charge is 2.10. The van der Waals surface area contributed by atoms with Crippen LogP contribution in [0.5, 0.6) is 0 Å². The van der Waals surface area contributed by atoms with Gasteiger partial charge in [0.25, 0.3) is 5.56 Å². The van der Waals surface area contributed by atoms with Gasteiger partial charge in [0.05, 0.1) is 0 Å². The molecule has 1 unspecified atom stereocenters. The lowest BCUT2D eigenvalue weighted by atomic mass is 10.1. The first-order chi connectivity index (χ1) is 9.40. The third-order valence-corrected chi connectivity index (χ3v) is 2.89. The minimum Gasteiger partial charge on any atom is -0.481 e. The summed E-state index contributed by atoms with van der Waals surface area (Å²) < 4.78 is 1.64. The summed E-state index contributed by atoms with van der Waals surface area (Å²) >= 11 is 0. The van der Waals surface area contributed by atoms with Crippen LogP contribution in [0.1, 0.15) is 40.0 Å². The van der Waals surface area contributed by atoms with Crippen molar-refractivity contribution in [2.24, 2.45) is 5.92 Å². The van der Waals surface area contributed by atoms with Crippen molar-refractivity contribution in [1.82, 2.24) is 9.55 Å². The minimum atomic E-state index is -0.797. The number of anilines is 1. The predicted octanol–water partition coefficient (Wildman–Crippen LogP) is 1.95. The molecule has 1 atom stereocenters. The summed E-state index contributed by atoms with van der Waals surface area (Å²) in [5.41, 5.74) is -0.133. The van der Waals surface area contributed by atoms with Gasteiger partial charge < -0.3 is 15.0 Å². The molecule has 0 bridgehead atoms. The lowest BCUT2D eigenvalue weighted by Crippen LogP contribution is -2.29. The second-order valence-corrected chi connectivity index (χ2v) is 5.46. The molecule has 1 aromatic heterocycles. The summed E-state index contributed by atoms with van der Waals surface area (Å²) in [5.74, 6) is -0.0822. The van der Waals surface area contributed by atoms with Crippen molar-refractivity contribution in [3.05, 3.63) is 22.7 Å². The molecule has 20 heavy (non-hydrogen) atoms. The zero-order valence-electron chi connectivity index (χ0n) is 12.3. The maximum atomic E-state index is 12.2. The van der Waals surface area contributed by atoms with E-state index in [2.05, 4.69) is 24.1 Å². The van der Waals surface area contributed by atoms with Crippen LogP contribution in [0.25, 0.3) is 0 Å². The zero-order valence-corrected chi connectivity index (χ0v) is 12.3. The van der Waals surface area contributed by atoms with Crippen molar-refractivity contribution in [3.8, 4) is 0 Å². The van der Waals surface area contributed by atoms with Crippen LogP contribution in [0.3, 0.4) is 0 Å². The monoisotopic (exact) mass is 281 g/mol. The van der Waals surface area contributed by atoms with E-state index in [0.29, 0.717) is 31.1 Å². The SMILES string of the molecule is CC(C)Cn1ccnc(NC(C)CCCC(=O)O)c1=O. The molecule has 0 radical (unpaired) electrons. The average molecular weight is 281 g/mol. The molecule has 1 heterocycles. The Morgan fingerprint density at radius 1 is 1.45 bits per heavy atom. The van der Waals surface area contributed by atoms with Crippen LogP contribution < -0.4 is 10.9 Å². The Bertz CT molecular complexity index is 497. The summed E-state index contributed by atoms with van der Waals surface area (Å²) in [6.07, 6.45) is 4.70. The van der Waals surface area contributed by atoms with E-state index in [1.165, 1.54) is 0 Å². The quantitative estimate of drug-likeness (QED) is 0.761. The van der Waals surface area contributed by atoms with Crippen molar-refractivity contribution in [3.63, 3.8) is 0 Å². The summed E-state index contributed by atoms with van der Waals surface area (Å²) in [5, 5.41) is 11.7. The number of carboxylic acid groups (broad SMARTS) is 1. The molecule has 0 spiro atoms. The third-order valence-electron chi connectivity index (χ3n) is 2.89. The van der Waals surface area contributed by atoms with Gasteiger partial charge in [0, 0.05) is 31.4 Å². The summed E-state index contributed by atoms with van der Waals surface area (Å²) in [6.45, 7) is 6.68. The molecule has 0 amide bonds. The fraction of sp³-hybridized carbons (Fsp3) is 0.643. The highest BCUT2D eigenvalue weighted by molar-refractivity contribution is 5.66. The zero-order chi connectivity index (χ0) is 15.1. The number of rotatable bonds is 8. The van der Waals surface area contributed by atoms with Crippen LogP contribution in [0, 0.1) is 5.92 Å². The standard InChI is InChI=1S/C14H23N3O3/c1-10(2)9-17-8-7-15-13(14(17)20)16-11(3)5-4-6-12(18)19/h7-8,10-11H,4-6,9H2,1-3H3,(H,15,16)(H,18,19). The highest BCUT2D eigenvalue weighted by Crippen LogP contribution is 2.06. The van der Waals surface area contributed by atoms with Gasteiger partial charge in [0.2, 0.25) is 0 Å². The van der Waals surface area contributed by atoms with Gasteiger partial charge in [-0.25, -0.2) is 4.98 Å². The van der Waals surface area contributed by atoms with E-state index in [1.54, 1.807) is 17.0 Å². The van der Waals surface area contributed by atoms with Crippen LogP contribution in [0.2, 0.25) is 0 Å². The second kappa shape index (κ2) is 7.67. The number of nitrogens with zero attached hydrogens (tertiary/aromatic N) is 2. The lowest BCUT2D eigenvalue weighted by Gasteiger charge is -2.15. The Morgan fingerprint density at radius 3 is 2.75 bits per heavy atom. The molecular weight excluding hydrogens is 258 g/mol. The summed E-state index contributed by atoms with van der Waals surface area (Å²) in [6, 6.07) is 0.0180. The van der Waals surface area contributed by atoms with Gasteiger partial charge in [-0.3, -0.25) is 9.59 Å². The molecule has 0 saturated heterocycles. The Hall–Kier alpha value is -1.85. The van der Waals surface area contributed by atoms with Gasteiger partial charge >= 0.3 is 5.97 Å². The first-order valence-electron chi connectivity index (χ1n) is 6.94. The second-order valence-electron chi connectivity index (χ2n) is 5.46. The average Bonchev–Trinajstić information content (AvgIpc) is 2.33. The van der Waals surface area contributed by atoms with Crippen molar-refractivity contribution in [1.29, 1.82) is 0 Å². The number of aliphatic carboxylic acids is 1. The summed E-state index contributed by atoms with van der Waals surface area (Å²) in [4.78, 5) is 26.7. The van der Waals surface area contributed by atoms with Gasteiger partial charge in [-0.05, 0) is 25.7 Å². The molecule has 0 aliphatic rings. The van der Waals surface area contributed by atoms with Crippen LogP contribution >= 0.6 is 0 Å². The Balaban J connectivity index is 2.63. The molecule has 6 nitrogen and oxygen atoms in total. The van der Waals surface area contributed by atoms with E-state index in [9.17, 15) is 9.59 Å². The molecule has 0 saturated carbocycles. The Labute approximate surface area is 118 Å². The van der Waals surface area contributed by atoms with E-state index in [0.717, 1.165) is 0 Å². The van der Waals surface area contributed by atoms with Gasteiger partial charge in [-0.1, -0.05) is 13.8 Å². The van der Waals surface area contributed by atoms with Crippen molar-refractivity contribution >= 4 is 11.8 Å². The molecule has 0 aliphatic heterocycles. The Morgan fingerprint density at radius 2 is 2.15 bits per heavy atom. The van der Waals surface area contributed by atoms with E-state index >= 15 is 0 Å².